The summed E-state index contributed by atoms with van der Waals surface area (Å²) in [5.41, 5.74) is 3.70. The van der Waals surface area contributed by atoms with Gasteiger partial charge >= 0.3 is 5.97 Å². The molecule has 3 heterocycles. The smallest absolute Gasteiger partial charge is 0.355 e. The SMILES string of the molecule is O=C(O)c1nc2c(-c3ccccc3)c(-c3ccccc3)[nH]n2c(=O)c1-c1ccc2ncccc2c1. The van der Waals surface area contributed by atoms with E-state index in [-0.39, 0.29) is 16.9 Å². The Labute approximate surface area is 199 Å². The summed E-state index contributed by atoms with van der Waals surface area (Å²) in [6.45, 7) is 0. The van der Waals surface area contributed by atoms with Crippen LogP contribution in [-0.4, -0.2) is 30.7 Å². The molecule has 7 nitrogen and oxygen atoms in total. The molecule has 0 unspecified atom stereocenters. The van der Waals surface area contributed by atoms with E-state index in [1.54, 1.807) is 30.5 Å². The maximum absolute atomic E-state index is 13.8. The molecule has 0 aliphatic carbocycles. The number of carbonyl (C=O) groups is 1. The first kappa shape index (κ1) is 20.6. The van der Waals surface area contributed by atoms with Crippen LogP contribution in [0.2, 0.25) is 0 Å². The highest BCUT2D eigenvalue weighted by atomic mass is 16.4. The highest BCUT2D eigenvalue weighted by molar-refractivity contribution is 5.98. The fourth-order valence-corrected chi connectivity index (χ4v) is 4.41. The molecule has 7 heteroatoms. The molecule has 0 saturated heterocycles. The standard InChI is InChI=1S/C28H18N4O3/c33-27-23(20-13-14-21-19(16-20)12-7-15-29-21)25(28(34)35)30-26-22(17-8-3-1-4-9-17)24(31-32(26)27)18-10-5-2-6-11-18/h1-16,31H,(H,34,35). The zero-order chi connectivity index (χ0) is 23.9. The third-order valence-electron chi connectivity index (χ3n) is 6.00. The number of nitrogens with zero attached hydrogens (tertiary/aromatic N) is 3. The van der Waals surface area contributed by atoms with Crippen LogP contribution in [0, 0.1) is 0 Å². The topological polar surface area (TPSA) is 100 Å². The van der Waals surface area contributed by atoms with Gasteiger partial charge in [-0.15, -0.1) is 0 Å². The van der Waals surface area contributed by atoms with Crippen LogP contribution in [0.3, 0.4) is 0 Å². The summed E-state index contributed by atoms with van der Waals surface area (Å²) >= 11 is 0. The van der Waals surface area contributed by atoms with Crippen molar-refractivity contribution in [3.63, 3.8) is 0 Å². The fraction of sp³-hybridized carbons (Fsp3) is 0. The minimum atomic E-state index is -1.27. The number of aromatic amines is 1. The maximum Gasteiger partial charge on any atom is 0.355 e. The van der Waals surface area contributed by atoms with Gasteiger partial charge in [0, 0.05) is 17.1 Å². The molecule has 3 aromatic carbocycles. The average Bonchev–Trinajstić information content (AvgIpc) is 3.29. The number of hydrogen-bond donors (Lipinski definition) is 2. The number of carboxylic acid groups (broad SMARTS) is 1. The van der Waals surface area contributed by atoms with Gasteiger partial charge in [0.1, 0.15) is 0 Å². The minimum Gasteiger partial charge on any atom is -0.476 e. The van der Waals surface area contributed by atoms with E-state index < -0.39 is 11.5 Å². The second-order valence-electron chi connectivity index (χ2n) is 8.11. The predicted molar refractivity (Wildman–Crippen MR) is 134 cm³/mol. The number of rotatable bonds is 4. The van der Waals surface area contributed by atoms with E-state index in [1.165, 1.54) is 4.52 Å². The molecule has 0 amide bonds. The van der Waals surface area contributed by atoms with Crippen LogP contribution in [0.4, 0.5) is 0 Å². The van der Waals surface area contributed by atoms with Crippen molar-refractivity contribution in [2.24, 2.45) is 0 Å². The van der Waals surface area contributed by atoms with E-state index in [1.807, 2.05) is 66.7 Å². The van der Waals surface area contributed by atoms with Crippen molar-refractivity contribution in [1.82, 2.24) is 19.6 Å². The van der Waals surface area contributed by atoms with Crippen LogP contribution >= 0.6 is 0 Å². The van der Waals surface area contributed by atoms with Crippen molar-refractivity contribution in [3.05, 3.63) is 113 Å². The van der Waals surface area contributed by atoms with E-state index in [2.05, 4.69) is 15.1 Å². The predicted octanol–water partition coefficient (Wildman–Crippen LogP) is 5.27. The summed E-state index contributed by atoms with van der Waals surface area (Å²) in [4.78, 5) is 35.0. The molecule has 0 bridgehead atoms. The molecule has 0 radical (unpaired) electrons. The van der Waals surface area contributed by atoms with Gasteiger partial charge in [-0.1, -0.05) is 72.8 Å². The van der Waals surface area contributed by atoms with E-state index in [4.69, 9.17) is 0 Å². The minimum absolute atomic E-state index is 0.0150. The summed E-state index contributed by atoms with van der Waals surface area (Å²) < 4.78 is 1.33. The van der Waals surface area contributed by atoms with Crippen molar-refractivity contribution in [1.29, 1.82) is 0 Å². The molecular weight excluding hydrogens is 440 g/mol. The van der Waals surface area contributed by atoms with Crippen LogP contribution in [0.1, 0.15) is 10.5 Å². The van der Waals surface area contributed by atoms with Gasteiger partial charge in [0.15, 0.2) is 11.3 Å². The van der Waals surface area contributed by atoms with Gasteiger partial charge in [-0.05, 0) is 29.3 Å². The van der Waals surface area contributed by atoms with Gasteiger partial charge in [0.2, 0.25) is 0 Å². The van der Waals surface area contributed by atoms with Gasteiger partial charge in [-0.3, -0.25) is 14.9 Å². The van der Waals surface area contributed by atoms with E-state index in [9.17, 15) is 14.7 Å². The van der Waals surface area contributed by atoms with Crippen molar-refractivity contribution in [2.75, 3.05) is 0 Å². The Morgan fingerprint density at radius 2 is 1.51 bits per heavy atom. The molecule has 2 N–H and O–H groups in total. The third-order valence-corrected chi connectivity index (χ3v) is 6.00. The van der Waals surface area contributed by atoms with Crippen molar-refractivity contribution in [2.45, 2.75) is 0 Å². The molecule has 0 saturated carbocycles. The van der Waals surface area contributed by atoms with Crippen LogP contribution in [0.15, 0.2) is 102 Å². The number of nitrogens with one attached hydrogen (secondary N) is 1. The molecule has 3 aromatic heterocycles. The number of pyridine rings is 1. The summed E-state index contributed by atoms with van der Waals surface area (Å²) in [5.74, 6) is -1.27. The lowest BCUT2D eigenvalue weighted by Gasteiger charge is -2.08. The first-order chi connectivity index (χ1) is 17.1. The van der Waals surface area contributed by atoms with Crippen LogP contribution in [-0.2, 0) is 0 Å². The first-order valence-electron chi connectivity index (χ1n) is 11.0. The van der Waals surface area contributed by atoms with Crippen LogP contribution < -0.4 is 5.56 Å². The Bertz CT molecular complexity index is 1790. The van der Waals surface area contributed by atoms with Gasteiger partial charge < -0.3 is 5.11 Å². The Balaban J connectivity index is 1.71. The molecular formula is C28H18N4O3. The Morgan fingerprint density at radius 1 is 0.800 bits per heavy atom. The van der Waals surface area contributed by atoms with Gasteiger partial charge in [-0.2, -0.15) is 4.52 Å². The lowest BCUT2D eigenvalue weighted by Crippen LogP contribution is -2.22. The quantitative estimate of drug-likeness (QED) is 0.375. The number of carboxylic acids is 1. The van der Waals surface area contributed by atoms with Gasteiger partial charge in [-0.25, -0.2) is 9.78 Å². The number of fused-ring (bicyclic) bond motifs is 2. The second kappa shape index (κ2) is 8.07. The first-order valence-corrected chi connectivity index (χ1v) is 11.0. The highest BCUT2D eigenvalue weighted by Crippen LogP contribution is 2.35. The van der Waals surface area contributed by atoms with Crippen LogP contribution in [0.25, 0.3) is 50.1 Å². The van der Waals surface area contributed by atoms with E-state index in [0.717, 1.165) is 22.0 Å². The number of hydrogen-bond acceptors (Lipinski definition) is 4. The molecule has 6 rings (SSSR count). The van der Waals surface area contributed by atoms with Crippen molar-refractivity contribution >= 4 is 22.5 Å². The lowest BCUT2D eigenvalue weighted by molar-refractivity contribution is 0.0691. The summed E-state index contributed by atoms with van der Waals surface area (Å²) in [6.07, 6.45) is 1.68. The van der Waals surface area contributed by atoms with E-state index in [0.29, 0.717) is 16.8 Å². The zero-order valence-corrected chi connectivity index (χ0v) is 18.3. The summed E-state index contributed by atoms with van der Waals surface area (Å²) in [5, 5.41) is 14.1. The Kier molecular flexibility index (Phi) is 4.74. The molecule has 0 spiro atoms. The number of aromatic nitrogens is 4. The molecule has 6 aromatic rings. The maximum atomic E-state index is 13.8. The number of benzene rings is 3. The molecule has 0 atom stereocenters. The molecule has 168 valence electrons. The average molecular weight is 458 g/mol. The summed E-state index contributed by atoms with van der Waals surface area (Å²) in [7, 11) is 0. The lowest BCUT2D eigenvalue weighted by atomic mass is 10.0. The monoisotopic (exact) mass is 458 g/mol. The molecule has 35 heavy (non-hydrogen) atoms. The largest absolute Gasteiger partial charge is 0.476 e. The second-order valence-corrected chi connectivity index (χ2v) is 8.11. The number of H-pyrrole nitrogens is 1. The molecule has 0 fully saturated rings. The highest BCUT2D eigenvalue weighted by Gasteiger charge is 2.25. The van der Waals surface area contributed by atoms with Crippen LogP contribution in [0.5, 0.6) is 0 Å². The van der Waals surface area contributed by atoms with Crippen molar-refractivity contribution < 1.29 is 9.90 Å². The Morgan fingerprint density at radius 3 is 2.23 bits per heavy atom. The third kappa shape index (κ3) is 3.38. The fourth-order valence-electron chi connectivity index (χ4n) is 4.41. The zero-order valence-electron chi connectivity index (χ0n) is 18.3. The molecule has 0 aliphatic heterocycles. The van der Waals surface area contributed by atoms with Gasteiger partial charge in [0.05, 0.1) is 22.3 Å². The normalized spacial score (nSPS) is 11.2. The van der Waals surface area contributed by atoms with Gasteiger partial charge in [0.25, 0.3) is 5.56 Å². The summed E-state index contributed by atoms with van der Waals surface area (Å²) in [6, 6.07) is 28.0. The Hall–Kier alpha value is -5.04. The number of aromatic carboxylic acids is 1. The van der Waals surface area contributed by atoms with E-state index >= 15 is 0 Å². The molecule has 0 aliphatic rings. The van der Waals surface area contributed by atoms with Crippen molar-refractivity contribution in [3.8, 4) is 33.5 Å².